The van der Waals surface area contributed by atoms with E-state index in [-0.39, 0.29) is 30.8 Å². The number of allylic oxidation sites excluding steroid dienone is 1. The van der Waals surface area contributed by atoms with Gasteiger partial charge < -0.3 is 9.47 Å². The molecule has 0 saturated carbocycles. The van der Waals surface area contributed by atoms with E-state index in [1.807, 2.05) is 35.2 Å². The van der Waals surface area contributed by atoms with Crippen molar-refractivity contribution in [3.63, 3.8) is 0 Å². The third-order valence-electron chi connectivity index (χ3n) is 5.20. The Bertz CT molecular complexity index is 629. The number of esters is 1. The van der Waals surface area contributed by atoms with Gasteiger partial charge in [0.05, 0.1) is 13.2 Å². The molecule has 28 heavy (non-hydrogen) atoms. The Morgan fingerprint density at radius 2 is 1.96 bits per heavy atom. The Kier molecular flexibility index (Phi) is 9.60. The fraction of sp³-hybridized carbons (Fsp3) is 0.565. The van der Waals surface area contributed by atoms with Crippen LogP contribution in [0.5, 0.6) is 0 Å². The molecule has 1 saturated heterocycles. The Morgan fingerprint density at radius 3 is 2.68 bits per heavy atom. The number of carbonyl (C=O) groups excluding carboxylic acids is 2. The van der Waals surface area contributed by atoms with E-state index in [0.29, 0.717) is 12.8 Å². The summed E-state index contributed by atoms with van der Waals surface area (Å²) >= 11 is 0. The van der Waals surface area contributed by atoms with Crippen LogP contribution in [-0.2, 0) is 20.9 Å². The average Bonchev–Trinajstić information content (AvgIpc) is 3.13. The molecule has 0 aliphatic carbocycles. The van der Waals surface area contributed by atoms with Crippen molar-refractivity contribution in [1.29, 1.82) is 0 Å². The number of rotatable bonds is 10. The fourth-order valence-electron chi connectivity index (χ4n) is 3.61. The summed E-state index contributed by atoms with van der Waals surface area (Å²) in [5.41, 5.74) is 0.966. The summed E-state index contributed by atoms with van der Waals surface area (Å²) in [5.74, 6) is -0.240. The van der Waals surface area contributed by atoms with Crippen molar-refractivity contribution in [3.8, 4) is 0 Å². The largest absolute Gasteiger partial charge is 0.469 e. The van der Waals surface area contributed by atoms with Crippen molar-refractivity contribution in [3.05, 3.63) is 48.0 Å². The first-order valence-electron chi connectivity index (χ1n) is 10.4. The zero-order valence-corrected chi connectivity index (χ0v) is 17.1. The van der Waals surface area contributed by atoms with E-state index >= 15 is 0 Å². The van der Waals surface area contributed by atoms with Gasteiger partial charge in [-0.2, -0.15) is 0 Å². The van der Waals surface area contributed by atoms with Gasteiger partial charge in [-0.1, -0.05) is 62.2 Å². The standard InChI is InChI=1S/C23H33NO4/c1-3-4-5-6-10-13-20-14-15-21(16-17-22(25)27-2)24(20)23(26)28-18-19-11-8-7-9-12-19/h7-13,20-21H,3-6,14-18H2,1-2H3/b13-10+/t20-,21+/m1/s1. The van der Waals surface area contributed by atoms with Gasteiger partial charge in [0.25, 0.3) is 0 Å². The first kappa shape index (κ1) is 22.0. The minimum Gasteiger partial charge on any atom is -0.469 e. The second-order valence-corrected chi connectivity index (χ2v) is 7.28. The zero-order valence-electron chi connectivity index (χ0n) is 17.1. The Balaban J connectivity index is 1.98. The normalized spacial score (nSPS) is 19.1. The van der Waals surface area contributed by atoms with Crippen molar-refractivity contribution in [2.45, 2.75) is 77.0 Å². The number of benzene rings is 1. The number of hydrogen-bond acceptors (Lipinski definition) is 4. The monoisotopic (exact) mass is 387 g/mol. The third kappa shape index (κ3) is 7.02. The van der Waals surface area contributed by atoms with Crippen molar-refractivity contribution in [2.75, 3.05) is 7.11 Å². The van der Waals surface area contributed by atoms with E-state index in [2.05, 4.69) is 19.1 Å². The summed E-state index contributed by atoms with van der Waals surface area (Å²) in [4.78, 5) is 26.2. The number of unbranched alkanes of at least 4 members (excludes halogenated alkanes) is 3. The topological polar surface area (TPSA) is 55.8 Å². The minimum atomic E-state index is -0.306. The highest BCUT2D eigenvalue weighted by Gasteiger charge is 2.36. The lowest BCUT2D eigenvalue weighted by atomic mass is 10.1. The van der Waals surface area contributed by atoms with Gasteiger partial charge in [0.2, 0.25) is 0 Å². The molecule has 1 aliphatic rings. The molecule has 1 aromatic carbocycles. The highest BCUT2D eigenvalue weighted by Crippen LogP contribution is 2.29. The van der Waals surface area contributed by atoms with Crippen molar-refractivity contribution >= 4 is 12.1 Å². The summed E-state index contributed by atoms with van der Waals surface area (Å²) in [6, 6.07) is 9.72. The van der Waals surface area contributed by atoms with Crippen LogP contribution in [0.25, 0.3) is 0 Å². The van der Waals surface area contributed by atoms with E-state index in [0.717, 1.165) is 24.8 Å². The second kappa shape index (κ2) is 12.2. The van der Waals surface area contributed by atoms with Crippen molar-refractivity contribution in [1.82, 2.24) is 4.90 Å². The van der Waals surface area contributed by atoms with Gasteiger partial charge in [0.15, 0.2) is 0 Å². The van der Waals surface area contributed by atoms with Crippen LogP contribution in [-0.4, -0.2) is 36.2 Å². The number of carbonyl (C=O) groups is 2. The number of hydrogen-bond donors (Lipinski definition) is 0. The Labute approximate surface area is 168 Å². The first-order chi connectivity index (χ1) is 13.7. The third-order valence-corrected chi connectivity index (χ3v) is 5.20. The average molecular weight is 388 g/mol. The quantitative estimate of drug-likeness (QED) is 0.313. The van der Waals surface area contributed by atoms with Gasteiger partial charge in [0, 0.05) is 12.5 Å². The van der Waals surface area contributed by atoms with E-state index in [4.69, 9.17) is 9.47 Å². The van der Waals surface area contributed by atoms with Gasteiger partial charge in [-0.3, -0.25) is 9.69 Å². The molecule has 0 bridgehead atoms. The highest BCUT2D eigenvalue weighted by atomic mass is 16.6. The second-order valence-electron chi connectivity index (χ2n) is 7.28. The van der Waals surface area contributed by atoms with Gasteiger partial charge in [0.1, 0.15) is 6.61 Å². The molecule has 1 aromatic rings. The van der Waals surface area contributed by atoms with Gasteiger partial charge in [-0.05, 0) is 37.7 Å². The van der Waals surface area contributed by atoms with Crippen LogP contribution >= 0.6 is 0 Å². The summed E-state index contributed by atoms with van der Waals surface area (Å²) < 4.78 is 10.3. The fourth-order valence-corrected chi connectivity index (χ4v) is 3.61. The molecule has 2 rings (SSSR count). The molecule has 0 spiro atoms. The van der Waals surface area contributed by atoms with Crippen LogP contribution in [0.1, 0.15) is 63.9 Å². The summed E-state index contributed by atoms with van der Waals surface area (Å²) in [6.45, 7) is 2.45. The Hall–Kier alpha value is -2.30. The van der Waals surface area contributed by atoms with E-state index in [1.165, 1.54) is 26.4 Å². The molecule has 5 nitrogen and oxygen atoms in total. The maximum atomic E-state index is 12.8. The number of amides is 1. The number of ether oxygens (including phenoxy) is 2. The van der Waals surface area contributed by atoms with Crippen LogP contribution in [0.3, 0.4) is 0 Å². The molecule has 0 unspecified atom stereocenters. The highest BCUT2D eigenvalue weighted by molar-refractivity contribution is 5.71. The molecule has 154 valence electrons. The van der Waals surface area contributed by atoms with Crippen molar-refractivity contribution in [2.24, 2.45) is 0 Å². The lowest BCUT2D eigenvalue weighted by molar-refractivity contribution is -0.141. The summed E-state index contributed by atoms with van der Waals surface area (Å²) in [5, 5.41) is 0. The molecule has 0 N–H and O–H groups in total. The molecule has 0 aromatic heterocycles. The van der Waals surface area contributed by atoms with Crippen LogP contribution < -0.4 is 0 Å². The van der Waals surface area contributed by atoms with Crippen LogP contribution in [0.4, 0.5) is 4.79 Å². The van der Waals surface area contributed by atoms with E-state index in [1.54, 1.807) is 0 Å². The SMILES string of the molecule is CCCCC/C=C/[C@@H]1CC[C@@H](CCC(=O)OC)N1C(=O)OCc1ccccc1. The van der Waals surface area contributed by atoms with E-state index < -0.39 is 0 Å². The minimum absolute atomic E-state index is 0.00710. The van der Waals surface area contributed by atoms with Crippen molar-refractivity contribution < 1.29 is 19.1 Å². The molecule has 1 heterocycles. The van der Waals surface area contributed by atoms with Crippen LogP contribution in [0.2, 0.25) is 0 Å². The predicted molar refractivity (Wildman–Crippen MR) is 110 cm³/mol. The van der Waals surface area contributed by atoms with Crippen LogP contribution in [0, 0.1) is 0 Å². The summed E-state index contributed by atoms with van der Waals surface area (Å²) in [7, 11) is 1.39. The first-order valence-corrected chi connectivity index (χ1v) is 10.4. The number of methoxy groups -OCH3 is 1. The van der Waals surface area contributed by atoms with Gasteiger partial charge in [-0.25, -0.2) is 4.79 Å². The molecule has 0 radical (unpaired) electrons. The van der Waals surface area contributed by atoms with Gasteiger partial charge in [-0.15, -0.1) is 0 Å². The number of nitrogens with zero attached hydrogens (tertiary/aromatic N) is 1. The Morgan fingerprint density at radius 1 is 1.18 bits per heavy atom. The molecule has 5 heteroatoms. The molecule has 1 amide bonds. The van der Waals surface area contributed by atoms with Crippen LogP contribution in [0.15, 0.2) is 42.5 Å². The molecule has 1 fully saturated rings. The maximum Gasteiger partial charge on any atom is 0.410 e. The predicted octanol–water partition coefficient (Wildman–Crippen LogP) is 5.25. The summed E-state index contributed by atoms with van der Waals surface area (Å²) in [6.07, 6.45) is 11.3. The molecule has 1 aliphatic heterocycles. The lowest BCUT2D eigenvalue weighted by Crippen LogP contribution is -2.41. The van der Waals surface area contributed by atoms with Gasteiger partial charge >= 0.3 is 12.1 Å². The van der Waals surface area contributed by atoms with E-state index in [9.17, 15) is 9.59 Å². The number of likely N-dealkylation sites (tertiary alicyclic amines) is 1. The molecular weight excluding hydrogens is 354 g/mol. The smallest absolute Gasteiger partial charge is 0.410 e. The molecular formula is C23H33NO4. The maximum absolute atomic E-state index is 12.8. The zero-order chi connectivity index (χ0) is 20.2. The molecule has 2 atom stereocenters. The lowest BCUT2D eigenvalue weighted by Gasteiger charge is -2.28.